The van der Waals surface area contributed by atoms with E-state index in [9.17, 15) is 9.18 Å². The third-order valence-electron chi connectivity index (χ3n) is 1.36. The fourth-order valence-electron chi connectivity index (χ4n) is 0.742. The molecule has 0 aliphatic carbocycles. The summed E-state index contributed by atoms with van der Waals surface area (Å²) in [6.07, 6.45) is 0.562. The Morgan fingerprint density at radius 3 is 2.75 bits per heavy atom. The van der Waals surface area contributed by atoms with Gasteiger partial charge in [0, 0.05) is 5.56 Å². The molecule has 0 aromatic heterocycles. The second-order valence-corrected chi connectivity index (χ2v) is 3.14. The first kappa shape index (κ1) is 9.13. The summed E-state index contributed by atoms with van der Waals surface area (Å²) in [6, 6.07) is 4.41. The van der Waals surface area contributed by atoms with Gasteiger partial charge in [0.15, 0.2) is 12.1 Å². The maximum absolute atomic E-state index is 13.1. The molecule has 0 amide bonds. The molecule has 0 bridgehead atoms. The minimum Gasteiger partial charge on any atom is -0.298 e. The molecule has 0 fully saturated rings. The van der Waals surface area contributed by atoms with Gasteiger partial charge >= 0.3 is 0 Å². The number of carbonyl (C=O) groups excluding carboxylic acids is 1. The number of benzene rings is 1. The standard InChI is InChI=1S/C8H3FINO/c9-7-5(3-11)1-2-6(4-12)8(7)10/h1-2,4H. The van der Waals surface area contributed by atoms with E-state index in [0.717, 1.165) is 0 Å². The van der Waals surface area contributed by atoms with E-state index in [1.807, 2.05) is 0 Å². The van der Waals surface area contributed by atoms with Crippen molar-refractivity contribution in [2.75, 3.05) is 0 Å². The molecule has 60 valence electrons. The molecule has 0 saturated heterocycles. The normalized spacial score (nSPS) is 9.08. The van der Waals surface area contributed by atoms with Gasteiger partial charge in [0.05, 0.1) is 9.13 Å². The van der Waals surface area contributed by atoms with Gasteiger partial charge in [-0.15, -0.1) is 0 Å². The van der Waals surface area contributed by atoms with Crippen molar-refractivity contribution in [1.82, 2.24) is 0 Å². The molecule has 0 heterocycles. The Bertz CT molecular complexity index is 370. The zero-order valence-electron chi connectivity index (χ0n) is 5.84. The Kier molecular flexibility index (Phi) is 2.76. The van der Waals surface area contributed by atoms with Gasteiger partial charge < -0.3 is 0 Å². The first-order valence-corrected chi connectivity index (χ1v) is 4.12. The minimum absolute atomic E-state index is 0.0370. The van der Waals surface area contributed by atoms with E-state index in [1.165, 1.54) is 12.1 Å². The van der Waals surface area contributed by atoms with E-state index in [4.69, 9.17) is 5.26 Å². The maximum Gasteiger partial charge on any atom is 0.154 e. The number of hydrogen-bond acceptors (Lipinski definition) is 2. The fraction of sp³-hybridized carbons (Fsp3) is 0. The van der Waals surface area contributed by atoms with Crippen molar-refractivity contribution < 1.29 is 9.18 Å². The van der Waals surface area contributed by atoms with Crippen LogP contribution in [0.15, 0.2) is 12.1 Å². The second-order valence-electron chi connectivity index (χ2n) is 2.06. The lowest BCUT2D eigenvalue weighted by molar-refractivity contribution is 0.112. The van der Waals surface area contributed by atoms with Crippen LogP contribution in [0, 0.1) is 20.7 Å². The predicted molar refractivity (Wildman–Crippen MR) is 49.2 cm³/mol. The first-order chi connectivity index (χ1) is 5.70. The van der Waals surface area contributed by atoms with E-state index in [2.05, 4.69) is 0 Å². The summed E-state index contributed by atoms with van der Waals surface area (Å²) in [5.41, 5.74) is 0.233. The minimum atomic E-state index is -0.622. The van der Waals surface area contributed by atoms with E-state index < -0.39 is 5.82 Å². The highest BCUT2D eigenvalue weighted by atomic mass is 127. The van der Waals surface area contributed by atoms with Gasteiger partial charge in [-0.05, 0) is 34.7 Å². The molecule has 0 saturated carbocycles. The van der Waals surface area contributed by atoms with Gasteiger partial charge in [0.25, 0.3) is 0 Å². The topological polar surface area (TPSA) is 40.9 Å². The summed E-state index contributed by atoms with van der Waals surface area (Å²) in [6.45, 7) is 0. The van der Waals surface area contributed by atoms with Crippen molar-refractivity contribution in [2.24, 2.45) is 0 Å². The Morgan fingerprint density at radius 2 is 2.25 bits per heavy atom. The second kappa shape index (κ2) is 3.63. The molecule has 0 atom stereocenters. The van der Waals surface area contributed by atoms with Crippen LogP contribution in [-0.2, 0) is 0 Å². The highest BCUT2D eigenvalue weighted by Gasteiger charge is 2.09. The summed E-state index contributed by atoms with van der Waals surface area (Å²) in [7, 11) is 0. The maximum atomic E-state index is 13.1. The first-order valence-electron chi connectivity index (χ1n) is 3.04. The van der Waals surface area contributed by atoms with Crippen LogP contribution in [-0.4, -0.2) is 6.29 Å². The van der Waals surface area contributed by atoms with Gasteiger partial charge in [-0.1, -0.05) is 0 Å². The highest BCUT2D eigenvalue weighted by Crippen LogP contribution is 2.17. The molecule has 0 aliphatic heterocycles. The number of nitriles is 1. The molecule has 0 radical (unpaired) electrons. The van der Waals surface area contributed by atoms with E-state index in [0.29, 0.717) is 6.29 Å². The summed E-state index contributed by atoms with van der Waals surface area (Å²) in [4.78, 5) is 10.3. The quantitative estimate of drug-likeness (QED) is 0.581. The molecule has 0 unspecified atom stereocenters. The van der Waals surface area contributed by atoms with Crippen LogP contribution in [0.1, 0.15) is 15.9 Å². The number of rotatable bonds is 1. The number of halogens is 2. The molecule has 0 spiro atoms. The van der Waals surface area contributed by atoms with Crippen LogP contribution in [0.5, 0.6) is 0 Å². The monoisotopic (exact) mass is 275 g/mol. The van der Waals surface area contributed by atoms with E-state index in [1.54, 1.807) is 28.7 Å². The number of nitrogens with zero attached hydrogens (tertiary/aromatic N) is 1. The summed E-state index contributed by atoms with van der Waals surface area (Å²) in [5, 5.41) is 8.42. The SMILES string of the molecule is N#Cc1ccc(C=O)c(I)c1F. The molecule has 2 nitrogen and oxygen atoms in total. The lowest BCUT2D eigenvalue weighted by atomic mass is 10.1. The molecule has 12 heavy (non-hydrogen) atoms. The third-order valence-corrected chi connectivity index (χ3v) is 2.46. The van der Waals surface area contributed by atoms with Crippen LogP contribution in [0.25, 0.3) is 0 Å². The zero-order valence-corrected chi connectivity index (χ0v) is 8.00. The van der Waals surface area contributed by atoms with Crippen LogP contribution in [0.4, 0.5) is 4.39 Å². The Balaban J connectivity index is 3.41. The van der Waals surface area contributed by atoms with Crippen LogP contribution < -0.4 is 0 Å². The molecule has 4 heteroatoms. The number of aldehydes is 1. The van der Waals surface area contributed by atoms with Gasteiger partial charge in [-0.25, -0.2) is 4.39 Å². The molecule has 1 aromatic carbocycles. The van der Waals surface area contributed by atoms with Crippen molar-refractivity contribution in [3.05, 3.63) is 32.6 Å². The molecular weight excluding hydrogens is 272 g/mol. The molecule has 1 aromatic rings. The van der Waals surface area contributed by atoms with Crippen LogP contribution in [0.2, 0.25) is 0 Å². The van der Waals surface area contributed by atoms with Gasteiger partial charge in [-0.2, -0.15) is 5.26 Å². The Hall–Kier alpha value is -0.960. The average molecular weight is 275 g/mol. The zero-order chi connectivity index (χ0) is 9.14. The largest absolute Gasteiger partial charge is 0.298 e. The lowest BCUT2D eigenvalue weighted by Crippen LogP contribution is -1.94. The highest BCUT2D eigenvalue weighted by molar-refractivity contribution is 14.1. The van der Waals surface area contributed by atoms with Crippen molar-refractivity contribution in [1.29, 1.82) is 5.26 Å². The molecule has 0 N–H and O–H groups in total. The summed E-state index contributed by atoms with van der Waals surface area (Å²) in [5.74, 6) is -0.622. The number of carbonyl (C=O) groups is 1. The summed E-state index contributed by atoms with van der Waals surface area (Å²) < 4.78 is 13.3. The van der Waals surface area contributed by atoms with Crippen molar-refractivity contribution in [2.45, 2.75) is 0 Å². The molecule has 0 aliphatic rings. The van der Waals surface area contributed by atoms with Gasteiger partial charge in [0.1, 0.15) is 6.07 Å². The number of hydrogen-bond donors (Lipinski definition) is 0. The average Bonchev–Trinajstić information content (AvgIpc) is 2.10. The van der Waals surface area contributed by atoms with Gasteiger partial charge in [-0.3, -0.25) is 4.79 Å². The van der Waals surface area contributed by atoms with Crippen molar-refractivity contribution >= 4 is 28.9 Å². The van der Waals surface area contributed by atoms with Crippen LogP contribution in [0.3, 0.4) is 0 Å². The smallest absolute Gasteiger partial charge is 0.154 e. The van der Waals surface area contributed by atoms with Crippen molar-refractivity contribution in [3.8, 4) is 6.07 Å². The lowest BCUT2D eigenvalue weighted by Gasteiger charge is -1.98. The molecular formula is C8H3FINO. The summed E-state index contributed by atoms with van der Waals surface area (Å²) >= 11 is 1.70. The predicted octanol–water partition coefficient (Wildman–Crippen LogP) is 2.11. The molecule has 1 rings (SSSR count). The Labute approximate surface area is 82.1 Å². The van der Waals surface area contributed by atoms with Gasteiger partial charge in [0.2, 0.25) is 0 Å². The van der Waals surface area contributed by atoms with Crippen molar-refractivity contribution in [3.63, 3.8) is 0 Å². The van der Waals surface area contributed by atoms with E-state index in [-0.39, 0.29) is 14.7 Å². The Morgan fingerprint density at radius 1 is 1.58 bits per heavy atom. The van der Waals surface area contributed by atoms with Crippen LogP contribution >= 0.6 is 22.6 Å². The van der Waals surface area contributed by atoms with E-state index >= 15 is 0 Å². The third kappa shape index (κ3) is 1.46. The fourth-order valence-corrected chi connectivity index (χ4v) is 1.34.